The third-order valence-electron chi connectivity index (χ3n) is 9.14. The van der Waals surface area contributed by atoms with Gasteiger partial charge in [-0.1, -0.05) is 39.2 Å². The number of aromatic hydroxyl groups is 1. The summed E-state index contributed by atoms with van der Waals surface area (Å²) in [5, 5.41) is 10.8. The summed E-state index contributed by atoms with van der Waals surface area (Å²) in [4.78, 5) is 57.2. The highest BCUT2D eigenvalue weighted by Crippen LogP contribution is 2.64. The minimum absolute atomic E-state index is 0.0422. The van der Waals surface area contributed by atoms with E-state index < -0.39 is 52.6 Å². The third kappa shape index (κ3) is 3.51. The molecule has 39 heavy (non-hydrogen) atoms. The van der Waals surface area contributed by atoms with Crippen LogP contribution in [0, 0.1) is 34.9 Å². The van der Waals surface area contributed by atoms with Crippen LogP contribution in [-0.2, 0) is 19.2 Å². The van der Waals surface area contributed by atoms with Crippen molar-refractivity contribution < 1.29 is 28.7 Å². The first-order valence-electron chi connectivity index (χ1n) is 12.9. The number of likely N-dealkylation sites (tertiary alicyclic amines) is 1. The van der Waals surface area contributed by atoms with E-state index in [1.165, 1.54) is 23.1 Å². The maximum absolute atomic E-state index is 14.3. The largest absolute Gasteiger partial charge is 0.508 e. The molecule has 0 radical (unpaired) electrons. The van der Waals surface area contributed by atoms with Crippen molar-refractivity contribution in [3.05, 3.63) is 68.9 Å². The van der Waals surface area contributed by atoms with Crippen molar-refractivity contribution in [2.45, 2.75) is 32.6 Å². The Balaban J connectivity index is 1.55. The van der Waals surface area contributed by atoms with Crippen LogP contribution in [0.3, 0.4) is 0 Å². The number of rotatable bonds is 3. The van der Waals surface area contributed by atoms with E-state index in [0.717, 1.165) is 16.5 Å². The van der Waals surface area contributed by atoms with Gasteiger partial charge in [0.25, 0.3) is 0 Å². The molecule has 202 valence electrons. The lowest BCUT2D eigenvalue weighted by atomic mass is 9.51. The van der Waals surface area contributed by atoms with Crippen molar-refractivity contribution in [1.29, 1.82) is 0 Å². The van der Waals surface area contributed by atoms with Crippen molar-refractivity contribution in [1.82, 2.24) is 4.90 Å². The standard InChI is InChI=1S/C29H25BrClFN2O5/c1-3-33-25(36)16-7-6-15-17(23(16)27(33)38)12-19-26(37)34(14-5-8-21(32)20(31)11-14)28(39)29(19,2)24(15)18-10-13(30)4-9-22(18)35/h4-6,8-11,16-17,19,23-24,35H,3,7,12H2,1-2H3/t16-,17+,19-,23-,24+,29+/m0/s1. The first-order chi connectivity index (χ1) is 18.5. The van der Waals surface area contributed by atoms with Gasteiger partial charge in [-0.3, -0.25) is 24.1 Å². The number of phenols is 1. The number of fused-ring (bicyclic) bond motifs is 4. The van der Waals surface area contributed by atoms with E-state index in [0.29, 0.717) is 16.5 Å². The summed E-state index contributed by atoms with van der Waals surface area (Å²) in [6.45, 7) is 3.74. The molecule has 1 N–H and O–H groups in total. The molecule has 1 saturated carbocycles. The molecule has 7 nitrogen and oxygen atoms in total. The molecule has 2 aliphatic heterocycles. The summed E-state index contributed by atoms with van der Waals surface area (Å²) in [7, 11) is 0. The van der Waals surface area contributed by atoms with Crippen LogP contribution in [-0.4, -0.2) is 40.2 Å². The molecule has 0 spiro atoms. The van der Waals surface area contributed by atoms with Gasteiger partial charge in [-0.15, -0.1) is 0 Å². The predicted octanol–water partition coefficient (Wildman–Crippen LogP) is 5.20. The van der Waals surface area contributed by atoms with E-state index in [2.05, 4.69) is 15.9 Å². The summed E-state index contributed by atoms with van der Waals surface area (Å²) in [5.74, 6) is -5.38. The summed E-state index contributed by atoms with van der Waals surface area (Å²) in [6.07, 6.45) is 2.46. The molecule has 3 fully saturated rings. The van der Waals surface area contributed by atoms with Crippen molar-refractivity contribution in [3.63, 3.8) is 0 Å². The molecule has 2 aromatic carbocycles. The number of benzene rings is 2. The molecule has 0 bridgehead atoms. The van der Waals surface area contributed by atoms with Gasteiger partial charge in [-0.25, -0.2) is 9.29 Å². The fraction of sp³-hybridized carbons (Fsp3) is 0.379. The van der Waals surface area contributed by atoms with Crippen molar-refractivity contribution in [3.8, 4) is 5.75 Å². The summed E-state index contributed by atoms with van der Waals surface area (Å²) in [5.41, 5.74) is 0.0723. The summed E-state index contributed by atoms with van der Waals surface area (Å²) < 4.78 is 14.6. The molecule has 2 aliphatic carbocycles. The number of hydrogen-bond acceptors (Lipinski definition) is 5. The van der Waals surface area contributed by atoms with Gasteiger partial charge in [0.1, 0.15) is 11.6 Å². The Morgan fingerprint density at radius 1 is 1.08 bits per heavy atom. The zero-order chi connectivity index (χ0) is 28.0. The number of hydrogen-bond donors (Lipinski definition) is 1. The van der Waals surface area contributed by atoms with E-state index >= 15 is 0 Å². The second-order valence-corrected chi connectivity index (χ2v) is 12.2. The first kappa shape index (κ1) is 26.2. The lowest BCUT2D eigenvalue weighted by molar-refractivity contribution is -0.140. The number of allylic oxidation sites excluding steroid dienone is 2. The number of halogens is 3. The molecule has 2 aromatic rings. The quantitative estimate of drug-likeness (QED) is 0.379. The minimum Gasteiger partial charge on any atom is -0.508 e. The zero-order valence-corrected chi connectivity index (χ0v) is 23.5. The highest BCUT2D eigenvalue weighted by molar-refractivity contribution is 9.10. The number of carbonyl (C=O) groups excluding carboxylic acids is 4. The third-order valence-corrected chi connectivity index (χ3v) is 9.93. The van der Waals surface area contributed by atoms with E-state index in [1.807, 2.05) is 6.08 Å². The van der Waals surface area contributed by atoms with Crippen LogP contribution in [0.2, 0.25) is 5.02 Å². The fourth-order valence-corrected chi connectivity index (χ4v) is 7.92. The number of nitrogens with zero attached hydrogens (tertiary/aromatic N) is 2. The SMILES string of the molecule is CCN1C(=O)[C@H]2[C@H](CC=C3[C@H]2C[C@H]2C(=O)N(c4ccc(F)c(Cl)c4)C(=O)[C@@]2(C)[C@H]3c2cc(Br)ccc2O)C1=O. The molecular weight excluding hydrogens is 591 g/mol. The molecule has 4 amide bonds. The first-order valence-corrected chi connectivity index (χ1v) is 14.0. The number of phenolic OH excluding ortho intramolecular Hbond substituents is 1. The van der Waals surface area contributed by atoms with Crippen LogP contribution in [0.1, 0.15) is 38.2 Å². The van der Waals surface area contributed by atoms with E-state index in [1.54, 1.807) is 26.0 Å². The average molecular weight is 616 g/mol. The summed E-state index contributed by atoms with van der Waals surface area (Å²) >= 11 is 9.47. The second-order valence-electron chi connectivity index (χ2n) is 10.9. The average Bonchev–Trinajstić information content (AvgIpc) is 3.26. The van der Waals surface area contributed by atoms with Gasteiger partial charge in [0, 0.05) is 22.5 Å². The normalized spacial score (nSPS) is 31.8. The molecule has 4 aliphatic rings. The van der Waals surface area contributed by atoms with Gasteiger partial charge in [0.2, 0.25) is 23.6 Å². The Labute approximate surface area is 237 Å². The van der Waals surface area contributed by atoms with Gasteiger partial charge in [-0.2, -0.15) is 0 Å². The van der Waals surface area contributed by atoms with Crippen molar-refractivity contribution >= 4 is 56.8 Å². The van der Waals surface area contributed by atoms with E-state index in [-0.39, 0.29) is 41.2 Å². The molecule has 2 saturated heterocycles. The minimum atomic E-state index is -1.32. The maximum atomic E-state index is 14.3. The van der Waals surface area contributed by atoms with E-state index in [4.69, 9.17) is 11.6 Å². The van der Waals surface area contributed by atoms with Crippen LogP contribution in [0.4, 0.5) is 10.1 Å². The van der Waals surface area contributed by atoms with Gasteiger partial charge in [-0.05, 0) is 69.0 Å². The van der Waals surface area contributed by atoms with Crippen LogP contribution < -0.4 is 4.90 Å². The Morgan fingerprint density at radius 3 is 2.51 bits per heavy atom. The maximum Gasteiger partial charge on any atom is 0.241 e. The molecule has 10 heteroatoms. The van der Waals surface area contributed by atoms with Crippen molar-refractivity contribution in [2.75, 3.05) is 11.4 Å². The van der Waals surface area contributed by atoms with Gasteiger partial charge < -0.3 is 5.11 Å². The fourth-order valence-electron chi connectivity index (χ4n) is 7.36. The monoisotopic (exact) mass is 614 g/mol. The van der Waals surface area contributed by atoms with Gasteiger partial charge in [0.05, 0.1) is 33.9 Å². The molecule has 0 aromatic heterocycles. The number of imide groups is 2. The second kappa shape index (κ2) is 8.99. The Bertz CT molecular complexity index is 1510. The number of anilines is 1. The number of carbonyl (C=O) groups is 4. The lowest BCUT2D eigenvalue weighted by Crippen LogP contribution is -2.48. The topological polar surface area (TPSA) is 95.0 Å². The van der Waals surface area contributed by atoms with E-state index in [9.17, 15) is 28.7 Å². The van der Waals surface area contributed by atoms with Crippen LogP contribution >= 0.6 is 27.5 Å². The summed E-state index contributed by atoms with van der Waals surface area (Å²) in [6, 6.07) is 8.62. The molecule has 6 atom stereocenters. The van der Waals surface area contributed by atoms with Crippen LogP contribution in [0.15, 0.2) is 52.5 Å². The zero-order valence-electron chi connectivity index (χ0n) is 21.2. The van der Waals surface area contributed by atoms with Gasteiger partial charge >= 0.3 is 0 Å². The predicted molar refractivity (Wildman–Crippen MR) is 144 cm³/mol. The smallest absolute Gasteiger partial charge is 0.241 e. The van der Waals surface area contributed by atoms with Crippen molar-refractivity contribution in [2.24, 2.45) is 29.1 Å². The number of amides is 4. The van der Waals surface area contributed by atoms with Crippen LogP contribution in [0.25, 0.3) is 0 Å². The molecule has 0 unspecified atom stereocenters. The lowest BCUT2D eigenvalue weighted by Gasteiger charge is -2.49. The Morgan fingerprint density at radius 2 is 1.82 bits per heavy atom. The molecule has 2 heterocycles. The van der Waals surface area contributed by atoms with Gasteiger partial charge in [0.15, 0.2) is 0 Å². The molecule has 6 rings (SSSR count). The Kier molecular flexibility index (Phi) is 6.04. The van der Waals surface area contributed by atoms with Crippen LogP contribution in [0.5, 0.6) is 5.75 Å². The molecular formula is C29H25BrClFN2O5. The Hall–Kier alpha value is -3.04. The highest BCUT2D eigenvalue weighted by Gasteiger charge is 2.67. The highest BCUT2D eigenvalue weighted by atomic mass is 79.9.